The normalized spacial score (nSPS) is 13.8. The molecule has 0 saturated carbocycles. The van der Waals surface area contributed by atoms with E-state index in [1.807, 2.05) is 44.2 Å². The average Bonchev–Trinajstić information content (AvgIpc) is 3.01. The molecule has 0 fully saturated rings. The molecule has 1 rings (SSSR count). The summed E-state index contributed by atoms with van der Waals surface area (Å²) in [6.45, 7) is 22.8. The number of hydrogen-bond acceptors (Lipinski definition) is 7. The van der Waals surface area contributed by atoms with Crippen LogP contribution in [0.5, 0.6) is 5.75 Å². The molecule has 0 radical (unpaired) electrons. The van der Waals surface area contributed by atoms with E-state index in [1.54, 1.807) is 19.1 Å². The highest BCUT2D eigenvalue weighted by Gasteiger charge is 2.19. The maximum Gasteiger partial charge on any atom is 0.305 e. The molecule has 246 valence electrons. The highest BCUT2D eigenvalue weighted by Crippen LogP contribution is 2.29. The van der Waals surface area contributed by atoms with Crippen molar-refractivity contribution in [2.24, 2.45) is 0 Å². The number of allylic oxidation sites excluding steroid dienone is 6. The number of carbonyl (C=O) groups is 1. The van der Waals surface area contributed by atoms with E-state index >= 15 is 0 Å². The van der Waals surface area contributed by atoms with E-state index in [4.69, 9.17) is 28.4 Å². The van der Waals surface area contributed by atoms with Crippen LogP contribution in [-0.2, 0) is 33.9 Å². The van der Waals surface area contributed by atoms with Gasteiger partial charge >= 0.3 is 5.97 Å². The molecule has 0 heterocycles. The Bertz CT molecular complexity index is 1040. The van der Waals surface area contributed by atoms with Gasteiger partial charge in [0, 0.05) is 19.3 Å². The summed E-state index contributed by atoms with van der Waals surface area (Å²) in [6.07, 6.45) is 14.9. The fourth-order valence-electron chi connectivity index (χ4n) is 3.95. The Morgan fingerprint density at radius 2 is 1.50 bits per heavy atom. The number of benzene rings is 1. The van der Waals surface area contributed by atoms with E-state index < -0.39 is 0 Å². The molecule has 44 heavy (non-hydrogen) atoms. The Labute approximate surface area is 266 Å². The van der Waals surface area contributed by atoms with Crippen molar-refractivity contribution in [2.75, 3.05) is 39.6 Å². The summed E-state index contributed by atoms with van der Waals surface area (Å²) in [4.78, 5) is 11.2. The van der Waals surface area contributed by atoms with Crippen LogP contribution in [0, 0.1) is 0 Å². The summed E-state index contributed by atoms with van der Waals surface area (Å²) in [5.74, 6) is 2.18. The first-order valence-electron chi connectivity index (χ1n) is 15.8. The fraction of sp³-hybridized carbons (Fsp3) is 0.541. The third-order valence-electron chi connectivity index (χ3n) is 6.61. The first kappa shape index (κ1) is 38.7. The number of ether oxygens (including phenoxy) is 6. The highest BCUT2D eigenvalue weighted by atomic mass is 16.5. The van der Waals surface area contributed by atoms with Crippen molar-refractivity contribution in [3.05, 3.63) is 91.0 Å². The minimum absolute atomic E-state index is 0.0204. The number of rotatable bonds is 25. The lowest BCUT2D eigenvalue weighted by molar-refractivity contribution is -0.143. The minimum atomic E-state index is -0.190. The SMILES string of the molecule is C=C/C=C(\C=C/CC(C)(C)c1ccc(OCC(C)OCCCO/C(C=C)=C/CC)cc1)OCC(C)OCCCOC(=O)CC. The third-order valence-corrected chi connectivity index (χ3v) is 6.61. The molecule has 0 aliphatic rings. The molecule has 0 aliphatic carbocycles. The summed E-state index contributed by atoms with van der Waals surface area (Å²) in [6, 6.07) is 8.26. The molecule has 0 amide bonds. The zero-order valence-corrected chi connectivity index (χ0v) is 28.0. The lowest BCUT2D eigenvalue weighted by atomic mass is 9.81. The summed E-state index contributed by atoms with van der Waals surface area (Å²) in [5.41, 5.74) is 1.14. The second-order valence-electron chi connectivity index (χ2n) is 11.2. The molecular weight excluding hydrogens is 556 g/mol. The smallest absolute Gasteiger partial charge is 0.305 e. The van der Waals surface area contributed by atoms with Crippen LogP contribution in [0.3, 0.4) is 0 Å². The van der Waals surface area contributed by atoms with Gasteiger partial charge < -0.3 is 28.4 Å². The highest BCUT2D eigenvalue weighted by molar-refractivity contribution is 5.68. The second-order valence-corrected chi connectivity index (χ2v) is 11.2. The zero-order valence-electron chi connectivity index (χ0n) is 28.0. The summed E-state index contributed by atoms with van der Waals surface area (Å²) >= 11 is 0. The van der Waals surface area contributed by atoms with Gasteiger partial charge in [-0.05, 0) is 74.1 Å². The fourth-order valence-corrected chi connectivity index (χ4v) is 3.95. The van der Waals surface area contributed by atoms with Crippen molar-refractivity contribution in [1.29, 1.82) is 0 Å². The molecule has 0 aromatic heterocycles. The van der Waals surface area contributed by atoms with Gasteiger partial charge in [-0.2, -0.15) is 0 Å². The van der Waals surface area contributed by atoms with Crippen LogP contribution in [0.4, 0.5) is 0 Å². The molecule has 1 aromatic carbocycles. The van der Waals surface area contributed by atoms with E-state index in [2.05, 4.69) is 52.1 Å². The van der Waals surface area contributed by atoms with Gasteiger partial charge in [0.15, 0.2) is 0 Å². The predicted octanol–water partition coefficient (Wildman–Crippen LogP) is 8.42. The Morgan fingerprint density at radius 3 is 2.09 bits per heavy atom. The van der Waals surface area contributed by atoms with Crippen LogP contribution in [0.1, 0.15) is 79.2 Å². The molecule has 1 aromatic rings. The molecular formula is C37H56O7. The van der Waals surface area contributed by atoms with Crippen LogP contribution in [0.2, 0.25) is 0 Å². The molecule has 0 saturated heterocycles. The molecule has 2 unspecified atom stereocenters. The van der Waals surface area contributed by atoms with E-state index in [-0.39, 0.29) is 23.6 Å². The van der Waals surface area contributed by atoms with Gasteiger partial charge in [0.2, 0.25) is 0 Å². The Balaban J connectivity index is 2.43. The van der Waals surface area contributed by atoms with Crippen LogP contribution >= 0.6 is 0 Å². The van der Waals surface area contributed by atoms with Gasteiger partial charge in [-0.15, -0.1) is 0 Å². The van der Waals surface area contributed by atoms with Crippen molar-refractivity contribution in [3.63, 3.8) is 0 Å². The van der Waals surface area contributed by atoms with Crippen molar-refractivity contribution in [3.8, 4) is 5.75 Å². The molecule has 7 nitrogen and oxygen atoms in total. The van der Waals surface area contributed by atoms with Gasteiger partial charge in [0.1, 0.15) is 30.5 Å². The van der Waals surface area contributed by atoms with Crippen molar-refractivity contribution in [2.45, 2.75) is 91.3 Å². The summed E-state index contributed by atoms with van der Waals surface area (Å²) < 4.78 is 34.3. The first-order chi connectivity index (χ1) is 21.1. The topological polar surface area (TPSA) is 72.5 Å². The maximum atomic E-state index is 11.2. The van der Waals surface area contributed by atoms with E-state index in [9.17, 15) is 4.79 Å². The largest absolute Gasteiger partial charge is 0.494 e. The first-order valence-corrected chi connectivity index (χ1v) is 15.8. The third kappa shape index (κ3) is 17.7. The second kappa shape index (κ2) is 23.1. The number of hydrogen-bond donors (Lipinski definition) is 0. The quantitative estimate of drug-likeness (QED) is 0.0475. The standard InChI is InChI=1S/C37H56O7/c1-9-16-33(11-3)41-26-14-24-39-31(6)29-44-35-21-19-32(20-22-35)37(7,8)23-13-18-34(17-10-2)43-28-30(5)40-25-15-27-42-36(38)12-4/h10-11,13,16-22,30-31H,2-3,9,12,14-15,23-29H2,1,4-8H3/b18-13-,33-16+,34-17+. The maximum absolute atomic E-state index is 11.2. The van der Waals surface area contributed by atoms with Gasteiger partial charge in [0.25, 0.3) is 0 Å². The number of esters is 1. The molecule has 2 atom stereocenters. The molecule has 7 heteroatoms. The van der Waals surface area contributed by atoms with E-state index in [1.165, 1.54) is 5.56 Å². The Hall–Kier alpha value is -3.29. The van der Waals surface area contributed by atoms with Crippen molar-refractivity contribution >= 4 is 5.97 Å². The number of carbonyl (C=O) groups excluding carboxylic acids is 1. The van der Waals surface area contributed by atoms with E-state index in [0.717, 1.165) is 36.5 Å². The van der Waals surface area contributed by atoms with Crippen LogP contribution < -0.4 is 4.74 Å². The lowest BCUT2D eigenvalue weighted by Crippen LogP contribution is -2.19. The van der Waals surface area contributed by atoms with Gasteiger partial charge in [-0.25, -0.2) is 0 Å². The predicted molar refractivity (Wildman–Crippen MR) is 179 cm³/mol. The minimum Gasteiger partial charge on any atom is -0.494 e. The molecule has 0 aliphatic heterocycles. The lowest BCUT2D eigenvalue weighted by Gasteiger charge is -2.24. The Morgan fingerprint density at radius 1 is 0.864 bits per heavy atom. The van der Waals surface area contributed by atoms with Crippen molar-refractivity contribution in [1.82, 2.24) is 0 Å². The zero-order chi connectivity index (χ0) is 32.6. The molecule has 0 spiro atoms. The monoisotopic (exact) mass is 612 g/mol. The molecule has 0 bridgehead atoms. The van der Waals surface area contributed by atoms with Crippen LogP contribution in [0.15, 0.2) is 85.4 Å². The average molecular weight is 613 g/mol. The van der Waals surface area contributed by atoms with Crippen molar-refractivity contribution < 1.29 is 33.2 Å². The summed E-state index contributed by atoms with van der Waals surface area (Å²) in [5, 5.41) is 0. The van der Waals surface area contributed by atoms with Gasteiger partial charge in [-0.3, -0.25) is 4.79 Å². The van der Waals surface area contributed by atoms with Gasteiger partial charge in [0.05, 0.1) is 38.6 Å². The molecule has 0 N–H and O–H groups in total. The van der Waals surface area contributed by atoms with E-state index in [0.29, 0.717) is 52.5 Å². The Kier molecular flexibility index (Phi) is 20.4. The summed E-state index contributed by atoms with van der Waals surface area (Å²) in [7, 11) is 0. The van der Waals surface area contributed by atoms with Gasteiger partial charge in [-0.1, -0.05) is 65.1 Å². The van der Waals surface area contributed by atoms with Crippen LogP contribution in [0.25, 0.3) is 0 Å². The van der Waals surface area contributed by atoms with Crippen LogP contribution in [-0.4, -0.2) is 57.8 Å².